The molecule has 1 saturated carbocycles. The van der Waals surface area contributed by atoms with Gasteiger partial charge in [0.05, 0.1) is 7.11 Å². The molecule has 1 aliphatic carbocycles. The number of ether oxygens (including phenoxy) is 3. The van der Waals surface area contributed by atoms with Gasteiger partial charge in [0, 0.05) is 0 Å². The van der Waals surface area contributed by atoms with Gasteiger partial charge in [0.1, 0.15) is 17.1 Å². The number of methoxy groups -OCH3 is 1. The molecule has 0 saturated heterocycles. The van der Waals surface area contributed by atoms with Gasteiger partial charge in [0.2, 0.25) is 0 Å². The molecule has 0 N–H and O–H groups in total. The van der Waals surface area contributed by atoms with Crippen molar-refractivity contribution in [2.75, 3.05) is 7.11 Å². The second kappa shape index (κ2) is 8.52. The van der Waals surface area contributed by atoms with Crippen LogP contribution in [0.1, 0.15) is 53.9 Å². The number of esters is 1. The molecule has 136 valence electrons. The van der Waals surface area contributed by atoms with Gasteiger partial charge in [-0.1, -0.05) is 43.5 Å². The SMILES string of the molecule is COC(=O)c1ccccc1OC(=O)Oc1ccc(C2CCCCC2)cc1. The van der Waals surface area contributed by atoms with Gasteiger partial charge in [-0.05, 0) is 48.6 Å². The van der Waals surface area contributed by atoms with Crippen LogP contribution in [0.3, 0.4) is 0 Å². The Morgan fingerprint density at radius 1 is 0.885 bits per heavy atom. The molecule has 0 bridgehead atoms. The van der Waals surface area contributed by atoms with E-state index in [1.165, 1.54) is 56.9 Å². The molecule has 0 amide bonds. The van der Waals surface area contributed by atoms with Crippen molar-refractivity contribution in [2.24, 2.45) is 0 Å². The Morgan fingerprint density at radius 3 is 2.27 bits per heavy atom. The van der Waals surface area contributed by atoms with E-state index in [1.807, 2.05) is 12.1 Å². The number of para-hydroxylation sites is 1. The van der Waals surface area contributed by atoms with E-state index >= 15 is 0 Å². The van der Waals surface area contributed by atoms with Crippen LogP contribution in [-0.4, -0.2) is 19.2 Å². The predicted molar refractivity (Wildman–Crippen MR) is 96.7 cm³/mol. The van der Waals surface area contributed by atoms with E-state index in [0.717, 1.165) is 0 Å². The molecule has 26 heavy (non-hydrogen) atoms. The first-order chi connectivity index (χ1) is 12.7. The third kappa shape index (κ3) is 4.42. The van der Waals surface area contributed by atoms with Gasteiger partial charge < -0.3 is 14.2 Å². The highest BCUT2D eigenvalue weighted by Gasteiger charge is 2.18. The summed E-state index contributed by atoms with van der Waals surface area (Å²) < 4.78 is 15.0. The number of carbonyl (C=O) groups is 2. The standard InChI is InChI=1S/C21H22O5/c1-24-20(22)18-9-5-6-10-19(18)26-21(23)25-17-13-11-16(12-14-17)15-7-3-2-4-8-15/h5-6,9-15H,2-4,7-8H2,1H3. The van der Waals surface area contributed by atoms with Crippen LogP contribution in [-0.2, 0) is 4.74 Å². The maximum absolute atomic E-state index is 12.0. The molecule has 5 nitrogen and oxygen atoms in total. The minimum absolute atomic E-state index is 0.100. The average Bonchev–Trinajstić information content (AvgIpc) is 2.69. The zero-order valence-electron chi connectivity index (χ0n) is 14.8. The summed E-state index contributed by atoms with van der Waals surface area (Å²) in [6.45, 7) is 0. The average molecular weight is 354 g/mol. The van der Waals surface area contributed by atoms with Crippen LogP contribution >= 0.6 is 0 Å². The highest BCUT2D eigenvalue weighted by molar-refractivity contribution is 5.93. The molecule has 2 aromatic carbocycles. The lowest BCUT2D eigenvalue weighted by molar-refractivity contribution is 0.0597. The zero-order valence-corrected chi connectivity index (χ0v) is 14.8. The molecule has 1 fully saturated rings. The van der Waals surface area contributed by atoms with Gasteiger partial charge in [0.25, 0.3) is 0 Å². The maximum atomic E-state index is 12.0. The lowest BCUT2D eigenvalue weighted by Gasteiger charge is -2.21. The first kappa shape index (κ1) is 18.0. The lowest BCUT2D eigenvalue weighted by Crippen LogP contribution is -2.16. The van der Waals surface area contributed by atoms with Crippen molar-refractivity contribution in [3.8, 4) is 11.5 Å². The minimum atomic E-state index is -0.897. The van der Waals surface area contributed by atoms with Crippen molar-refractivity contribution in [3.63, 3.8) is 0 Å². The van der Waals surface area contributed by atoms with E-state index in [4.69, 9.17) is 9.47 Å². The summed E-state index contributed by atoms with van der Waals surface area (Å²) in [5.41, 5.74) is 1.45. The Kier molecular flexibility index (Phi) is 5.89. The summed E-state index contributed by atoms with van der Waals surface area (Å²) in [6.07, 6.45) is 5.39. The van der Waals surface area contributed by atoms with Crippen molar-refractivity contribution in [3.05, 3.63) is 59.7 Å². The van der Waals surface area contributed by atoms with Gasteiger partial charge in [-0.3, -0.25) is 0 Å². The Bertz CT molecular complexity index is 760. The van der Waals surface area contributed by atoms with Gasteiger partial charge in [-0.25, -0.2) is 9.59 Å². The van der Waals surface area contributed by atoms with E-state index in [-0.39, 0.29) is 11.3 Å². The summed E-state index contributed by atoms with van der Waals surface area (Å²) in [7, 11) is 1.27. The number of benzene rings is 2. The lowest BCUT2D eigenvalue weighted by atomic mass is 9.84. The third-order valence-electron chi connectivity index (χ3n) is 4.64. The van der Waals surface area contributed by atoms with Crippen LogP contribution in [0, 0.1) is 0 Å². The van der Waals surface area contributed by atoms with Crippen molar-refractivity contribution in [1.29, 1.82) is 0 Å². The van der Waals surface area contributed by atoms with Gasteiger partial charge in [-0.15, -0.1) is 0 Å². The van der Waals surface area contributed by atoms with Gasteiger partial charge >= 0.3 is 12.1 Å². The Labute approximate surface area is 152 Å². The van der Waals surface area contributed by atoms with Crippen LogP contribution in [0.5, 0.6) is 11.5 Å². The molecular formula is C21H22O5. The van der Waals surface area contributed by atoms with Crippen LogP contribution in [0.2, 0.25) is 0 Å². The number of hydrogen-bond acceptors (Lipinski definition) is 5. The monoisotopic (exact) mass is 354 g/mol. The van der Waals surface area contributed by atoms with Crippen molar-refractivity contribution >= 4 is 12.1 Å². The highest BCUT2D eigenvalue weighted by Crippen LogP contribution is 2.33. The van der Waals surface area contributed by atoms with Crippen LogP contribution < -0.4 is 9.47 Å². The molecule has 0 spiro atoms. The van der Waals surface area contributed by atoms with Crippen molar-refractivity contribution < 1.29 is 23.8 Å². The number of carbonyl (C=O) groups excluding carboxylic acids is 2. The Balaban J connectivity index is 1.62. The predicted octanol–water partition coefficient (Wildman–Crippen LogP) is 5.10. The van der Waals surface area contributed by atoms with E-state index in [0.29, 0.717) is 11.7 Å². The first-order valence-corrected chi connectivity index (χ1v) is 8.84. The summed E-state index contributed by atoms with van der Waals surface area (Å²) in [5.74, 6) is 0.523. The van der Waals surface area contributed by atoms with E-state index in [1.54, 1.807) is 24.3 Å². The molecule has 0 unspecified atom stereocenters. The maximum Gasteiger partial charge on any atom is 0.519 e. The number of hydrogen-bond donors (Lipinski definition) is 0. The molecule has 0 aliphatic heterocycles. The fourth-order valence-corrected chi connectivity index (χ4v) is 3.29. The first-order valence-electron chi connectivity index (χ1n) is 8.84. The second-order valence-electron chi connectivity index (χ2n) is 6.35. The van der Waals surface area contributed by atoms with E-state index in [2.05, 4.69) is 4.74 Å². The zero-order chi connectivity index (χ0) is 18.4. The molecule has 0 aromatic heterocycles. The summed E-state index contributed by atoms with van der Waals surface area (Å²) >= 11 is 0. The fraction of sp³-hybridized carbons (Fsp3) is 0.333. The van der Waals surface area contributed by atoms with E-state index < -0.39 is 12.1 Å². The Hall–Kier alpha value is -2.82. The minimum Gasteiger partial charge on any atom is -0.465 e. The van der Waals surface area contributed by atoms with Gasteiger partial charge in [-0.2, -0.15) is 0 Å². The molecule has 0 radical (unpaired) electrons. The van der Waals surface area contributed by atoms with Crippen molar-refractivity contribution in [1.82, 2.24) is 0 Å². The topological polar surface area (TPSA) is 61.8 Å². The molecule has 3 rings (SSSR count). The molecule has 1 aliphatic rings. The quantitative estimate of drug-likeness (QED) is 0.565. The van der Waals surface area contributed by atoms with E-state index in [9.17, 15) is 9.59 Å². The second-order valence-corrected chi connectivity index (χ2v) is 6.35. The summed E-state index contributed by atoms with van der Waals surface area (Å²) in [5, 5.41) is 0. The Morgan fingerprint density at radius 2 is 1.58 bits per heavy atom. The van der Waals surface area contributed by atoms with Crippen LogP contribution in [0.15, 0.2) is 48.5 Å². The molecule has 2 aromatic rings. The number of rotatable bonds is 4. The smallest absolute Gasteiger partial charge is 0.465 e. The fourth-order valence-electron chi connectivity index (χ4n) is 3.29. The highest BCUT2D eigenvalue weighted by atomic mass is 16.7. The third-order valence-corrected chi connectivity index (χ3v) is 4.64. The van der Waals surface area contributed by atoms with Gasteiger partial charge in [0.15, 0.2) is 0 Å². The summed E-state index contributed by atoms with van der Waals surface area (Å²) in [4.78, 5) is 23.7. The van der Waals surface area contributed by atoms with Crippen LogP contribution in [0.25, 0.3) is 0 Å². The van der Waals surface area contributed by atoms with Crippen LogP contribution in [0.4, 0.5) is 4.79 Å². The largest absolute Gasteiger partial charge is 0.519 e. The molecule has 5 heteroatoms. The summed E-state index contributed by atoms with van der Waals surface area (Å²) in [6, 6.07) is 13.9. The van der Waals surface area contributed by atoms with Crippen molar-refractivity contribution in [2.45, 2.75) is 38.0 Å². The normalized spacial score (nSPS) is 14.5. The molecule has 0 heterocycles. The molecule has 0 atom stereocenters. The molecular weight excluding hydrogens is 332 g/mol.